The van der Waals surface area contributed by atoms with E-state index in [0.29, 0.717) is 6.04 Å². The van der Waals surface area contributed by atoms with E-state index in [2.05, 4.69) is 49.9 Å². The third-order valence-corrected chi connectivity index (χ3v) is 8.29. The fraction of sp³-hybridized carbons (Fsp3) is 0.433. The summed E-state index contributed by atoms with van der Waals surface area (Å²) in [6.07, 6.45) is 8.43. The van der Waals surface area contributed by atoms with Gasteiger partial charge in [0.05, 0.1) is 5.75 Å². The van der Waals surface area contributed by atoms with E-state index in [-0.39, 0.29) is 11.2 Å². The first kappa shape index (κ1) is 27.3. The van der Waals surface area contributed by atoms with Gasteiger partial charge >= 0.3 is 0 Å². The highest BCUT2D eigenvalue weighted by atomic mass is 32.2. The molecule has 7 heteroatoms. The lowest BCUT2D eigenvalue weighted by molar-refractivity contribution is -0.124. The Hall–Kier alpha value is -2.74. The SMILES string of the molecule is CC(C)(C)C1=C(CCN2CCCC2c2ccc(/C=C/C(=O)NO)cc2)c2ccc(CS(C)(=O)=O)cc2C1. The molecule has 1 unspecified atom stereocenters. The minimum absolute atomic E-state index is 0.0477. The Kier molecular flexibility index (Phi) is 8.07. The normalized spacial score (nSPS) is 18.6. The summed E-state index contributed by atoms with van der Waals surface area (Å²) in [5, 5.41) is 8.65. The van der Waals surface area contributed by atoms with Crippen molar-refractivity contribution in [3.63, 3.8) is 0 Å². The molecule has 1 aliphatic heterocycles. The molecule has 2 aromatic carbocycles. The lowest BCUT2D eigenvalue weighted by Gasteiger charge is -2.27. The third kappa shape index (κ3) is 6.78. The average Bonchev–Trinajstić information content (AvgIpc) is 3.44. The second-order valence-electron chi connectivity index (χ2n) is 11.4. The molecule has 1 saturated heterocycles. The van der Waals surface area contributed by atoms with Gasteiger partial charge in [0, 0.05) is 24.9 Å². The Morgan fingerprint density at radius 1 is 1.16 bits per heavy atom. The molecule has 2 aromatic rings. The van der Waals surface area contributed by atoms with Crippen molar-refractivity contribution < 1.29 is 18.4 Å². The van der Waals surface area contributed by atoms with Crippen molar-refractivity contribution in [1.29, 1.82) is 0 Å². The zero-order valence-corrected chi connectivity index (χ0v) is 23.1. The number of rotatable bonds is 8. The first-order valence-electron chi connectivity index (χ1n) is 12.9. The number of sulfone groups is 1. The number of nitrogens with one attached hydrogen (secondary N) is 1. The minimum Gasteiger partial charge on any atom is -0.296 e. The molecule has 1 aliphatic carbocycles. The molecule has 198 valence electrons. The molecule has 2 aliphatic rings. The van der Waals surface area contributed by atoms with E-state index in [1.807, 2.05) is 18.2 Å². The van der Waals surface area contributed by atoms with Crippen LogP contribution in [0.4, 0.5) is 0 Å². The second-order valence-corrected chi connectivity index (χ2v) is 13.5. The molecule has 0 aromatic heterocycles. The topological polar surface area (TPSA) is 86.7 Å². The monoisotopic (exact) mass is 522 g/mol. The van der Waals surface area contributed by atoms with Crippen LogP contribution in [0, 0.1) is 5.41 Å². The molecule has 37 heavy (non-hydrogen) atoms. The molecule has 6 nitrogen and oxygen atoms in total. The smallest absolute Gasteiger partial charge is 0.267 e. The molecule has 1 heterocycles. The number of allylic oxidation sites excluding steroid dienone is 1. The number of carbonyl (C=O) groups is 1. The van der Waals surface area contributed by atoms with Gasteiger partial charge in [-0.3, -0.25) is 14.9 Å². The first-order chi connectivity index (χ1) is 17.4. The fourth-order valence-electron chi connectivity index (χ4n) is 5.71. The van der Waals surface area contributed by atoms with E-state index in [0.717, 1.165) is 43.5 Å². The van der Waals surface area contributed by atoms with Gasteiger partial charge in [-0.15, -0.1) is 0 Å². The highest BCUT2D eigenvalue weighted by molar-refractivity contribution is 7.89. The number of hydrogen-bond acceptors (Lipinski definition) is 5. The summed E-state index contributed by atoms with van der Waals surface area (Å²) in [5.41, 5.74) is 10.1. The van der Waals surface area contributed by atoms with Gasteiger partial charge in [-0.05, 0) is 77.1 Å². The van der Waals surface area contributed by atoms with Crippen molar-refractivity contribution in [2.75, 3.05) is 19.3 Å². The lowest BCUT2D eigenvalue weighted by atomic mass is 9.82. The van der Waals surface area contributed by atoms with Gasteiger partial charge in [-0.2, -0.15) is 0 Å². The highest BCUT2D eigenvalue weighted by Crippen LogP contribution is 2.44. The molecule has 1 fully saturated rings. The van der Waals surface area contributed by atoms with Crippen molar-refractivity contribution in [3.8, 4) is 0 Å². The number of amides is 1. The number of likely N-dealkylation sites (tertiary alicyclic amines) is 1. The van der Waals surface area contributed by atoms with Crippen molar-refractivity contribution in [1.82, 2.24) is 10.4 Å². The van der Waals surface area contributed by atoms with E-state index in [9.17, 15) is 13.2 Å². The lowest BCUT2D eigenvalue weighted by Crippen LogP contribution is -2.25. The minimum atomic E-state index is -3.07. The number of carbonyl (C=O) groups excluding carboxylic acids is 1. The average molecular weight is 523 g/mol. The van der Waals surface area contributed by atoms with Crippen LogP contribution in [-0.2, 0) is 26.8 Å². The summed E-state index contributed by atoms with van der Waals surface area (Å²) in [6.45, 7) is 8.85. The van der Waals surface area contributed by atoms with Crippen LogP contribution in [-0.4, -0.2) is 43.8 Å². The van der Waals surface area contributed by atoms with Crippen LogP contribution in [0.15, 0.2) is 54.1 Å². The predicted octanol–water partition coefficient (Wildman–Crippen LogP) is 5.33. The molecular formula is C30H38N2O4S. The molecular weight excluding hydrogens is 484 g/mol. The molecule has 2 N–H and O–H groups in total. The molecule has 0 bridgehead atoms. The second kappa shape index (κ2) is 10.9. The van der Waals surface area contributed by atoms with E-state index >= 15 is 0 Å². The van der Waals surface area contributed by atoms with E-state index in [4.69, 9.17) is 5.21 Å². The Balaban J connectivity index is 1.50. The predicted molar refractivity (Wildman–Crippen MR) is 149 cm³/mol. The van der Waals surface area contributed by atoms with E-state index in [1.165, 1.54) is 46.6 Å². The Morgan fingerprint density at radius 3 is 2.54 bits per heavy atom. The summed E-state index contributed by atoms with van der Waals surface area (Å²) in [6, 6.07) is 14.9. The maximum Gasteiger partial charge on any atom is 0.267 e. The summed E-state index contributed by atoms with van der Waals surface area (Å²) in [4.78, 5) is 13.8. The van der Waals surface area contributed by atoms with Crippen molar-refractivity contribution in [2.45, 2.75) is 58.2 Å². The summed E-state index contributed by atoms with van der Waals surface area (Å²) in [7, 11) is -3.07. The summed E-state index contributed by atoms with van der Waals surface area (Å²) < 4.78 is 23.7. The molecule has 0 saturated carbocycles. The Bertz CT molecular complexity index is 1320. The van der Waals surface area contributed by atoms with E-state index < -0.39 is 15.7 Å². The van der Waals surface area contributed by atoms with Crippen LogP contribution in [0.1, 0.15) is 73.9 Å². The summed E-state index contributed by atoms with van der Waals surface area (Å²) >= 11 is 0. The molecule has 1 atom stereocenters. The van der Waals surface area contributed by atoms with Gasteiger partial charge in [0.2, 0.25) is 0 Å². The maximum atomic E-state index is 11.8. The Morgan fingerprint density at radius 2 is 1.89 bits per heavy atom. The number of fused-ring (bicyclic) bond motifs is 1. The van der Waals surface area contributed by atoms with Crippen LogP contribution >= 0.6 is 0 Å². The van der Waals surface area contributed by atoms with Crippen LogP contribution in [0.3, 0.4) is 0 Å². The number of benzene rings is 2. The highest BCUT2D eigenvalue weighted by Gasteiger charge is 2.31. The van der Waals surface area contributed by atoms with Gasteiger partial charge in [0.25, 0.3) is 5.91 Å². The molecule has 4 rings (SSSR count). The van der Waals surface area contributed by atoms with Gasteiger partial charge in [0.1, 0.15) is 0 Å². The van der Waals surface area contributed by atoms with Gasteiger partial charge < -0.3 is 0 Å². The van der Waals surface area contributed by atoms with Crippen LogP contribution < -0.4 is 5.48 Å². The van der Waals surface area contributed by atoms with Crippen LogP contribution in [0.5, 0.6) is 0 Å². The Labute approximate surface area is 221 Å². The van der Waals surface area contributed by atoms with E-state index in [1.54, 1.807) is 11.6 Å². The van der Waals surface area contributed by atoms with Crippen LogP contribution in [0.25, 0.3) is 11.6 Å². The molecule has 1 amide bonds. The number of hydrogen-bond donors (Lipinski definition) is 2. The number of nitrogens with zero attached hydrogens (tertiary/aromatic N) is 1. The zero-order chi connectivity index (χ0) is 26.8. The quantitative estimate of drug-likeness (QED) is 0.278. The molecule has 0 radical (unpaired) electrons. The summed E-state index contributed by atoms with van der Waals surface area (Å²) in [5.74, 6) is -0.464. The van der Waals surface area contributed by atoms with Crippen molar-refractivity contribution >= 4 is 27.4 Å². The zero-order valence-electron chi connectivity index (χ0n) is 22.3. The van der Waals surface area contributed by atoms with Crippen LogP contribution in [0.2, 0.25) is 0 Å². The fourth-order valence-corrected chi connectivity index (χ4v) is 6.49. The first-order valence-corrected chi connectivity index (χ1v) is 15.0. The third-order valence-electron chi connectivity index (χ3n) is 7.43. The van der Waals surface area contributed by atoms with Gasteiger partial charge in [0.15, 0.2) is 9.84 Å². The maximum absolute atomic E-state index is 11.8. The largest absolute Gasteiger partial charge is 0.296 e. The number of hydroxylamine groups is 1. The van der Waals surface area contributed by atoms with Crippen molar-refractivity contribution in [3.05, 3.63) is 81.9 Å². The van der Waals surface area contributed by atoms with Crippen molar-refractivity contribution in [2.24, 2.45) is 5.41 Å². The van der Waals surface area contributed by atoms with Gasteiger partial charge in [-0.1, -0.05) is 68.8 Å². The molecule has 0 spiro atoms. The standard InChI is InChI=1S/C30H38N2O4S/c1-30(2,3)27-19-24-18-22(20-37(4,35)36)9-13-25(24)26(27)15-17-32-16-5-6-28(32)23-11-7-21(8-12-23)10-14-29(33)31-34/h7-14,18,28,34H,5-6,15-17,19-20H2,1-4H3,(H,31,33)/b14-10+. The van der Waals surface area contributed by atoms with Gasteiger partial charge in [-0.25, -0.2) is 13.9 Å².